The van der Waals surface area contributed by atoms with Crippen LogP contribution in [0.4, 0.5) is 0 Å². The maximum absolute atomic E-state index is 11.6. The molecule has 2 N–H and O–H groups in total. The van der Waals surface area contributed by atoms with E-state index >= 15 is 0 Å². The van der Waals surface area contributed by atoms with E-state index in [0.29, 0.717) is 6.54 Å². The van der Waals surface area contributed by atoms with Gasteiger partial charge in [0.15, 0.2) is 0 Å². The van der Waals surface area contributed by atoms with Crippen LogP contribution in [0.5, 0.6) is 0 Å². The van der Waals surface area contributed by atoms with Crippen LogP contribution in [0.25, 0.3) is 0 Å². The molecule has 4 nitrogen and oxygen atoms in total. The number of nitrogens with one attached hydrogen (secondary N) is 1. The minimum atomic E-state index is -3.45. The molecule has 0 aliphatic heterocycles. The summed E-state index contributed by atoms with van der Waals surface area (Å²) in [5, 5.41) is 2.81. The average Bonchev–Trinajstić information content (AvgIpc) is 2.18. The summed E-state index contributed by atoms with van der Waals surface area (Å²) in [7, 11) is -3.45. The Balaban J connectivity index is 2.27. The summed E-state index contributed by atoms with van der Waals surface area (Å²) < 4.78 is 16.8. The Morgan fingerprint density at radius 3 is 2.73 bits per heavy atom. The van der Waals surface area contributed by atoms with Crippen molar-refractivity contribution in [3.8, 4) is 0 Å². The van der Waals surface area contributed by atoms with Crippen LogP contribution in [-0.2, 0) is 9.09 Å². The highest BCUT2D eigenvalue weighted by atomic mass is 31.2. The van der Waals surface area contributed by atoms with E-state index < -0.39 is 7.60 Å². The van der Waals surface area contributed by atoms with Crippen molar-refractivity contribution < 1.29 is 14.0 Å². The van der Waals surface area contributed by atoms with Crippen molar-refractivity contribution >= 4 is 7.60 Å². The molecule has 5 heteroatoms. The number of hydrogen-bond acceptors (Lipinski definition) is 3. The van der Waals surface area contributed by atoms with E-state index in [1.54, 1.807) is 6.08 Å². The zero-order valence-electron chi connectivity index (χ0n) is 9.02. The molecule has 1 aliphatic rings. The molecule has 1 rings (SSSR count). The zero-order valence-corrected chi connectivity index (χ0v) is 9.92. The van der Waals surface area contributed by atoms with Crippen LogP contribution in [-0.4, -0.2) is 23.8 Å². The van der Waals surface area contributed by atoms with Crippen LogP contribution >= 0.6 is 7.60 Å². The van der Waals surface area contributed by atoms with Gasteiger partial charge in [0.2, 0.25) is 0 Å². The van der Waals surface area contributed by atoms with Crippen molar-refractivity contribution in [3.05, 3.63) is 12.7 Å². The molecule has 1 saturated carbocycles. The van der Waals surface area contributed by atoms with E-state index in [0.717, 1.165) is 25.7 Å². The Kier molecular flexibility index (Phi) is 5.54. The minimum absolute atomic E-state index is 0.00944. The molecule has 0 saturated heterocycles. The van der Waals surface area contributed by atoms with Gasteiger partial charge in [-0.05, 0) is 12.8 Å². The van der Waals surface area contributed by atoms with Gasteiger partial charge in [0.05, 0.1) is 12.4 Å². The van der Waals surface area contributed by atoms with E-state index in [1.165, 1.54) is 6.42 Å². The molecule has 0 radical (unpaired) electrons. The number of hydrogen-bond donors (Lipinski definition) is 2. The van der Waals surface area contributed by atoms with Crippen molar-refractivity contribution in [1.82, 2.24) is 5.32 Å². The number of rotatable bonds is 6. The summed E-state index contributed by atoms with van der Waals surface area (Å²) in [4.78, 5) is 9.53. The summed E-state index contributed by atoms with van der Waals surface area (Å²) in [6.07, 6.45) is 6.87. The SMILES string of the molecule is C=CCNCP(=O)(O)OC1CCCCC1. The lowest BCUT2D eigenvalue weighted by molar-refractivity contribution is 0.134. The van der Waals surface area contributed by atoms with Crippen molar-refractivity contribution in [1.29, 1.82) is 0 Å². The molecular formula is C10H20NO3P. The summed E-state index contributed by atoms with van der Waals surface area (Å²) in [6.45, 7) is 4.05. The normalized spacial score (nSPS) is 22.2. The van der Waals surface area contributed by atoms with Crippen molar-refractivity contribution in [3.63, 3.8) is 0 Å². The Hall–Kier alpha value is -0.150. The molecule has 0 spiro atoms. The fourth-order valence-corrected chi connectivity index (χ4v) is 2.91. The summed E-state index contributed by atoms with van der Waals surface area (Å²) in [5.74, 6) is 0. The lowest BCUT2D eigenvalue weighted by Gasteiger charge is -2.24. The molecule has 1 fully saturated rings. The van der Waals surface area contributed by atoms with Gasteiger partial charge in [-0.25, -0.2) is 0 Å². The molecule has 0 aromatic heterocycles. The maximum atomic E-state index is 11.6. The molecule has 1 unspecified atom stereocenters. The Morgan fingerprint density at radius 2 is 2.13 bits per heavy atom. The van der Waals surface area contributed by atoms with Crippen molar-refractivity contribution in [2.75, 3.05) is 12.8 Å². The highest BCUT2D eigenvalue weighted by molar-refractivity contribution is 7.52. The van der Waals surface area contributed by atoms with Gasteiger partial charge in [-0.2, -0.15) is 0 Å². The van der Waals surface area contributed by atoms with E-state index in [-0.39, 0.29) is 12.4 Å². The summed E-state index contributed by atoms with van der Waals surface area (Å²) in [6, 6.07) is 0. The summed E-state index contributed by atoms with van der Waals surface area (Å²) >= 11 is 0. The van der Waals surface area contributed by atoms with Crippen LogP contribution in [0.2, 0.25) is 0 Å². The molecule has 0 heterocycles. The quantitative estimate of drug-likeness (QED) is 0.419. The van der Waals surface area contributed by atoms with Gasteiger partial charge in [-0.3, -0.25) is 4.57 Å². The molecule has 0 aromatic rings. The van der Waals surface area contributed by atoms with Crippen LogP contribution < -0.4 is 5.32 Å². The molecule has 0 bridgehead atoms. The fourth-order valence-electron chi connectivity index (χ4n) is 1.75. The molecule has 1 aliphatic carbocycles. The monoisotopic (exact) mass is 233 g/mol. The third-order valence-corrected chi connectivity index (χ3v) is 3.72. The van der Waals surface area contributed by atoms with Crippen LogP contribution in [0, 0.1) is 0 Å². The van der Waals surface area contributed by atoms with Gasteiger partial charge < -0.3 is 14.7 Å². The Labute approximate surface area is 91.2 Å². The van der Waals surface area contributed by atoms with Gasteiger partial charge in [0, 0.05) is 6.54 Å². The first-order valence-electron chi connectivity index (χ1n) is 5.46. The van der Waals surface area contributed by atoms with Crippen molar-refractivity contribution in [2.24, 2.45) is 0 Å². The molecule has 88 valence electrons. The standard InChI is InChI=1S/C10H20NO3P/c1-2-8-11-9-15(12,13)14-10-6-4-3-5-7-10/h2,10-11H,1,3-9H2,(H,12,13). The maximum Gasteiger partial charge on any atom is 0.342 e. The second kappa shape index (κ2) is 6.44. The average molecular weight is 233 g/mol. The highest BCUT2D eigenvalue weighted by Crippen LogP contribution is 2.44. The second-order valence-corrected chi connectivity index (χ2v) is 5.71. The lowest BCUT2D eigenvalue weighted by atomic mass is 9.98. The first-order chi connectivity index (χ1) is 7.14. The van der Waals surface area contributed by atoms with Gasteiger partial charge in [-0.1, -0.05) is 25.3 Å². The predicted octanol–water partition coefficient (Wildman–Crippen LogP) is 2.25. The van der Waals surface area contributed by atoms with Gasteiger partial charge in [0.1, 0.15) is 0 Å². The lowest BCUT2D eigenvalue weighted by Crippen LogP contribution is -2.21. The van der Waals surface area contributed by atoms with Gasteiger partial charge in [-0.15, -0.1) is 6.58 Å². The van der Waals surface area contributed by atoms with E-state index in [2.05, 4.69) is 11.9 Å². The topological polar surface area (TPSA) is 58.6 Å². The smallest absolute Gasteiger partial charge is 0.323 e. The van der Waals surface area contributed by atoms with Crippen LogP contribution in [0.1, 0.15) is 32.1 Å². The van der Waals surface area contributed by atoms with E-state index in [9.17, 15) is 9.46 Å². The zero-order chi connectivity index (χ0) is 11.1. The molecule has 0 amide bonds. The minimum Gasteiger partial charge on any atom is -0.323 e. The first-order valence-corrected chi connectivity index (χ1v) is 7.22. The third-order valence-electron chi connectivity index (χ3n) is 2.47. The Morgan fingerprint density at radius 1 is 1.47 bits per heavy atom. The van der Waals surface area contributed by atoms with Gasteiger partial charge >= 0.3 is 7.60 Å². The summed E-state index contributed by atoms with van der Waals surface area (Å²) in [5.41, 5.74) is 0. The molecule has 15 heavy (non-hydrogen) atoms. The Bertz CT molecular complexity index is 239. The highest BCUT2D eigenvalue weighted by Gasteiger charge is 2.25. The van der Waals surface area contributed by atoms with Gasteiger partial charge in [0.25, 0.3) is 0 Å². The second-order valence-electron chi connectivity index (χ2n) is 3.90. The molecule has 0 aromatic carbocycles. The van der Waals surface area contributed by atoms with Crippen LogP contribution in [0.15, 0.2) is 12.7 Å². The third kappa shape index (κ3) is 5.47. The molecule has 1 atom stereocenters. The largest absolute Gasteiger partial charge is 0.342 e. The van der Waals surface area contributed by atoms with Crippen LogP contribution in [0.3, 0.4) is 0 Å². The predicted molar refractivity (Wildman–Crippen MR) is 60.9 cm³/mol. The first kappa shape index (κ1) is 12.9. The van der Waals surface area contributed by atoms with E-state index in [1.807, 2.05) is 0 Å². The van der Waals surface area contributed by atoms with E-state index in [4.69, 9.17) is 4.52 Å². The van der Waals surface area contributed by atoms with Crippen molar-refractivity contribution in [2.45, 2.75) is 38.2 Å². The molecular weight excluding hydrogens is 213 g/mol. The fraction of sp³-hybridized carbons (Fsp3) is 0.800.